The van der Waals surface area contributed by atoms with E-state index in [1.807, 2.05) is 0 Å². The van der Waals surface area contributed by atoms with Crippen LogP contribution in [0.4, 0.5) is 0 Å². The zero-order valence-electron chi connectivity index (χ0n) is 28.3. The van der Waals surface area contributed by atoms with E-state index in [1.54, 1.807) is 0 Å². The van der Waals surface area contributed by atoms with Gasteiger partial charge in [0.25, 0.3) is 0 Å². The van der Waals surface area contributed by atoms with Crippen molar-refractivity contribution in [1.29, 1.82) is 0 Å². The Hall–Kier alpha value is -5.92. The molecular weight excluding hydrogens is 603 g/mol. The van der Waals surface area contributed by atoms with Gasteiger partial charge in [0.2, 0.25) is 0 Å². The number of nitrogens with zero attached hydrogens (tertiary/aromatic N) is 1. The zero-order chi connectivity index (χ0) is 33.4. The molecule has 3 aliphatic carbocycles. The molecule has 240 valence electrons. The molecule has 50 heavy (non-hydrogen) atoms. The van der Waals surface area contributed by atoms with Crippen molar-refractivity contribution in [2.24, 2.45) is 11.8 Å². The number of benzene rings is 6. The van der Waals surface area contributed by atoms with Gasteiger partial charge in [-0.15, -0.1) is 0 Å². The van der Waals surface area contributed by atoms with E-state index in [1.165, 1.54) is 76.6 Å². The molecule has 1 heteroatoms. The quantitative estimate of drug-likeness (QED) is 0.164. The van der Waals surface area contributed by atoms with Gasteiger partial charge in [0.15, 0.2) is 0 Å². The van der Waals surface area contributed by atoms with Gasteiger partial charge in [-0.25, -0.2) is 0 Å². The van der Waals surface area contributed by atoms with E-state index in [0.717, 1.165) is 12.8 Å². The van der Waals surface area contributed by atoms with Gasteiger partial charge in [-0.1, -0.05) is 170 Å². The van der Waals surface area contributed by atoms with Crippen LogP contribution >= 0.6 is 0 Å². The van der Waals surface area contributed by atoms with Gasteiger partial charge in [-0.3, -0.25) is 0 Å². The second-order valence-corrected chi connectivity index (χ2v) is 13.6. The summed E-state index contributed by atoms with van der Waals surface area (Å²) >= 11 is 0. The van der Waals surface area contributed by atoms with Crippen molar-refractivity contribution >= 4 is 38.9 Å². The molecule has 0 fully saturated rings. The lowest BCUT2D eigenvalue weighted by Crippen LogP contribution is -2.43. The molecule has 9 rings (SSSR count). The largest absolute Gasteiger partial charge is 0.353 e. The van der Waals surface area contributed by atoms with E-state index < -0.39 is 0 Å². The van der Waals surface area contributed by atoms with Crippen LogP contribution in [-0.2, 0) is 0 Å². The number of allylic oxidation sites excluding steroid dienone is 7. The normalized spacial score (nSPS) is 18.1. The van der Waals surface area contributed by atoms with Crippen LogP contribution in [0.1, 0.15) is 18.4 Å². The van der Waals surface area contributed by atoms with E-state index in [4.69, 9.17) is 0 Å². The second-order valence-electron chi connectivity index (χ2n) is 13.6. The van der Waals surface area contributed by atoms with E-state index >= 15 is 0 Å². The molecule has 6 aromatic carbocycles. The van der Waals surface area contributed by atoms with Crippen molar-refractivity contribution in [3.8, 4) is 22.3 Å². The first-order chi connectivity index (χ1) is 24.8. The molecule has 0 amide bonds. The Bertz CT molecular complexity index is 2480. The van der Waals surface area contributed by atoms with Crippen LogP contribution in [0.5, 0.6) is 0 Å². The van der Waals surface area contributed by atoms with E-state index in [9.17, 15) is 0 Å². The van der Waals surface area contributed by atoms with Crippen molar-refractivity contribution in [3.63, 3.8) is 0 Å². The van der Waals surface area contributed by atoms with Gasteiger partial charge in [0, 0.05) is 36.0 Å². The molecular formula is C49H39N. The summed E-state index contributed by atoms with van der Waals surface area (Å²) < 4.78 is 0. The van der Waals surface area contributed by atoms with Crippen molar-refractivity contribution in [2.75, 3.05) is 7.05 Å². The predicted octanol–water partition coefficient (Wildman–Crippen LogP) is 10.8. The van der Waals surface area contributed by atoms with Crippen LogP contribution in [-0.4, -0.2) is 11.9 Å². The Morgan fingerprint density at radius 1 is 0.560 bits per heavy atom. The average molecular weight is 642 g/mol. The van der Waals surface area contributed by atoms with E-state index in [-0.39, 0.29) is 5.92 Å². The van der Waals surface area contributed by atoms with Crippen LogP contribution in [0.2, 0.25) is 0 Å². The summed E-state index contributed by atoms with van der Waals surface area (Å²) in [5.41, 5.74) is 10.6. The molecule has 0 saturated carbocycles. The molecule has 0 bridgehead atoms. The maximum atomic E-state index is 2.41. The lowest BCUT2D eigenvalue weighted by molar-refractivity contribution is 0.538. The number of hydrogen-bond donors (Lipinski definition) is 0. The first-order valence-corrected chi connectivity index (χ1v) is 17.8. The zero-order valence-corrected chi connectivity index (χ0v) is 28.3. The van der Waals surface area contributed by atoms with Crippen molar-refractivity contribution in [2.45, 2.75) is 12.8 Å². The van der Waals surface area contributed by atoms with E-state index in [0.29, 0.717) is 5.92 Å². The molecule has 2 atom stereocenters. The molecule has 1 nitrogen and oxygen atoms in total. The highest BCUT2D eigenvalue weighted by molar-refractivity contribution is 6.21. The Kier molecular flexibility index (Phi) is 7.75. The molecule has 6 aromatic rings. The molecule has 2 unspecified atom stereocenters. The highest BCUT2D eigenvalue weighted by atomic mass is 15.1. The summed E-state index contributed by atoms with van der Waals surface area (Å²) in [6.45, 7) is 0. The fourth-order valence-corrected chi connectivity index (χ4v) is 8.48. The summed E-state index contributed by atoms with van der Waals surface area (Å²) in [7, 11) is 2.21. The third kappa shape index (κ3) is 5.18. The number of fused-ring (bicyclic) bond motifs is 4. The van der Waals surface area contributed by atoms with Crippen LogP contribution in [0, 0.1) is 11.8 Å². The van der Waals surface area contributed by atoms with Gasteiger partial charge < -0.3 is 4.90 Å². The lowest BCUT2D eigenvalue weighted by atomic mass is 9.72. The third-order valence-corrected chi connectivity index (χ3v) is 10.7. The highest BCUT2D eigenvalue weighted by Gasteiger charge is 2.33. The fraction of sp³-hybridized carbons (Fsp3) is 0.102. The molecule has 0 aliphatic heterocycles. The molecule has 0 spiro atoms. The van der Waals surface area contributed by atoms with Gasteiger partial charge in [-0.2, -0.15) is 0 Å². The maximum absolute atomic E-state index is 2.41. The van der Waals surface area contributed by atoms with Crippen molar-refractivity contribution in [1.82, 2.24) is 4.90 Å². The fourth-order valence-electron chi connectivity index (χ4n) is 8.48. The van der Waals surface area contributed by atoms with Crippen LogP contribution in [0.15, 0.2) is 182 Å². The molecule has 0 radical (unpaired) electrons. The Morgan fingerprint density at radius 3 is 1.74 bits per heavy atom. The first kappa shape index (κ1) is 30.2. The number of hydrogen-bond acceptors (Lipinski definition) is 1. The molecule has 0 N–H and O–H groups in total. The summed E-state index contributed by atoms with van der Waals surface area (Å²) in [5.74, 6) is 0.616. The monoisotopic (exact) mass is 641 g/mol. The maximum Gasteiger partial charge on any atom is 0.0329 e. The molecule has 0 aromatic heterocycles. The van der Waals surface area contributed by atoms with Gasteiger partial charge in [0.1, 0.15) is 0 Å². The van der Waals surface area contributed by atoms with Crippen molar-refractivity contribution < 1.29 is 0 Å². The molecule has 0 saturated heterocycles. The Labute approximate surface area is 294 Å². The minimum Gasteiger partial charge on any atom is -0.353 e. The second kappa shape index (κ2) is 12.8. The molecule has 0 heterocycles. The van der Waals surface area contributed by atoms with Crippen molar-refractivity contribution in [3.05, 3.63) is 198 Å². The first-order valence-electron chi connectivity index (χ1n) is 17.8. The predicted molar refractivity (Wildman–Crippen MR) is 213 cm³/mol. The topological polar surface area (TPSA) is 3.24 Å². The van der Waals surface area contributed by atoms with Crippen LogP contribution in [0.25, 0.3) is 61.1 Å². The van der Waals surface area contributed by atoms with Crippen LogP contribution < -0.4 is 10.4 Å². The Morgan fingerprint density at radius 2 is 1.12 bits per heavy atom. The smallest absolute Gasteiger partial charge is 0.0329 e. The molecule has 3 aliphatic rings. The van der Waals surface area contributed by atoms with E-state index in [2.05, 4.69) is 194 Å². The number of rotatable bonds is 6. The van der Waals surface area contributed by atoms with Gasteiger partial charge in [-0.05, 0) is 84.6 Å². The average Bonchev–Trinajstić information content (AvgIpc) is 3.19. The van der Waals surface area contributed by atoms with Crippen LogP contribution in [0.3, 0.4) is 0 Å². The Balaban J connectivity index is 1.11. The summed E-state index contributed by atoms with van der Waals surface area (Å²) in [4.78, 5) is 2.35. The standard InChI is InChI=1S/C49H39N/c1-50(49-44-26-14-12-24-42(44)47(36-18-6-3-7-19-36)43-25-13-15-27-45(43)49)33-32-34-28-30-37(31-29-34)48-40-22-10-8-20-38(40)46(35-16-4-2-5-17-35)39-21-9-11-23-41(39)48/h2-6,8-18,20-33,42,44H,7,19H2,1H3/b33-32-. The summed E-state index contributed by atoms with van der Waals surface area (Å²) in [6.07, 6.45) is 22.8. The third-order valence-electron chi connectivity index (χ3n) is 10.7. The van der Waals surface area contributed by atoms with Gasteiger partial charge in [0.05, 0.1) is 0 Å². The SMILES string of the molecule is CN(/C=C\c1ccc(-c2c3ccccc3c(-c3ccccc3)c3ccccc23)cc1)C1=c2ccccc2=C(C2=CC=CCC2)C2C=CC=CC12. The lowest BCUT2D eigenvalue weighted by Gasteiger charge is -2.37. The van der Waals surface area contributed by atoms with Gasteiger partial charge >= 0.3 is 0 Å². The summed E-state index contributed by atoms with van der Waals surface area (Å²) in [5, 5.41) is 7.82. The summed E-state index contributed by atoms with van der Waals surface area (Å²) in [6, 6.07) is 46.6. The minimum absolute atomic E-state index is 0.286. The highest BCUT2D eigenvalue weighted by Crippen LogP contribution is 2.44. The minimum atomic E-state index is 0.286.